The molecule has 4 nitrogen and oxygen atoms in total. The van der Waals surface area contributed by atoms with Crippen LogP contribution in [0.2, 0.25) is 0 Å². The highest BCUT2D eigenvalue weighted by atomic mass is 32.2. The maximum absolute atomic E-state index is 12.1. The van der Waals surface area contributed by atoms with Crippen LogP contribution >= 0.6 is 11.8 Å². The molecule has 19 heavy (non-hydrogen) atoms. The second-order valence-corrected chi connectivity index (χ2v) is 5.80. The molecule has 0 aliphatic carbocycles. The van der Waals surface area contributed by atoms with Gasteiger partial charge < -0.3 is 15.3 Å². The molecule has 0 saturated carbocycles. The van der Waals surface area contributed by atoms with Gasteiger partial charge in [0.2, 0.25) is 5.91 Å². The Bertz CT molecular complexity index is 422. The van der Waals surface area contributed by atoms with Crippen LogP contribution in [0.4, 0.5) is 0 Å². The number of hydrogen-bond donors (Lipinski definition) is 2. The van der Waals surface area contributed by atoms with E-state index in [9.17, 15) is 9.90 Å². The summed E-state index contributed by atoms with van der Waals surface area (Å²) in [5.41, 5.74) is 0. The van der Waals surface area contributed by atoms with Crippen molar-refractivity contribution in [1.82, 2.24) is 10.2 Å². The van der Waals surface area contributed by atoms with Gasteiger partial charge in [0.15, 0.2) is 0 Å². The molecule has 1 aliphatic heterocycles. The summed E-state index contributed by atoms with van der Waals surface area (Å²) in [6, 6.07) is 7.38. The zero-order valence-electron chi connectivity index (χ0n) is 11.1. The van der Waals surface area contributed by atoms with Crippen LogP contribution in [0.3, 0.4) is 0 Å². The number of piperidine rings is 1. The van der Waals surface area contributed by atoms with Gasteiger partial charge in [-0.1, -0.05) is 0 Å². The van der Waals surface area contributed by atoms with Gasteiger partial charge in [-0.25, -0.2) is 0 Å². The lowest BCUT2D eigenvalue weighted by molar-refractivity contribution is -0.129. The van der Waals surface area contributed by atoms with Crippen molar-refractivity contribution in [3.8, 4) is 5.75 Å². The molecule has 0 bridgehead atoms. The van der Waals surface area contributed by atoms with E-state index in [0.29, 0.717) is 11.8 Å². The minimum absolute atomic E-state index is 0.193. The van der Waals surface area contributed by atoms with Gasteiger partial charge in [0.1, 0.15) is 5.75 Å². The van der Waals surface area contributed by atoms with Crippen molar-refractivity contribution >= 4 is 17.7 Å². The van der Waals surface area contributed by atoms with E-state index in [1.54, 1.807) is 12.1 Å². The lowest BCUT2D eigenvalue weighted by atomic mass is 10.1. The number of phenols is 1. The van der Waals surface area contributed by atoms with Crippen molar-refractivity contribution in [2.45, 2.75) is 23.8 Å². The van der Waals surface area contributed by atoms with Gasteiger partial charge in [-0.05, 0) is 44.2 Å². The molecule has 1 heterocycles. The van der Waals surface area contributed by atoms with Crippen LogP contribution in [0.25, 0.3) is 0 Å². The third kappa shape index (κ3) is 4.14. The Morgan fingerprint density at radius 1 is 1.47 bits per heavy atom. The monoisotopic (exact) mass is 280 g/mol. The molecule has 0 aromatic heterocycles. The summed E-state index contributed by atoms with van der Waals surface area (Å²) in [5.74, 6) is 0.905. The lowest BCUT2D eigenvalue weighted by Gasteiger charge is -2.32. The van der Waals surface area contributed by atoms with E-state index in [1.807, 2.05) is 24.1 Å². The minimum atomic E-state index is 0.193. The normalized spacial score (nSPS) is 19.4. The third-order valence-electron chi connectivity index (χ3n) is 3.38. The number of carbonyl (C=O) groups is 1. The van der Waals surface area contributed by atoms with Crippen LogP contribution in [0.5, 0.6) is 5.75 Å². The first kappa shape index (κ1) is 14.2. The predicted molar refractivity (Wildman–Crippen MR) is 77.5 cm³/mol. The number of thioether (sulfide) groups is 1. The summed E-state index contributed by atoms with van der Waals surface area (Å²) in [6.07, 6.45) is 2.21. The number of likely N-dealkylation sites (N-methyl/N-ethyl adjacent to an activating group) is 1. The van der Waals surface area contributed by atoms with Crippen LogP contribution in [-0.2, 0) is 4.79 Å². The molecule has 1 unspecified atom stereocenters. The molecule has 104 valence electrons. The van der Waals surface area contributed by atoms with Gasteiger partial charge in [-0.15, -0.1) is 11.8 Å². The highest BCUT2D eigenvalue weighted by molar-refractivity contribution is 8.00. The first-order valence-corrected chi connectivity index (χ1v) is 7.54. The van der Waals surface area contributed by atoms with Crippen LogP contribution in [0, 0.1) is 0 Å². The maximum Gasteiger partial charge on any atom is 0.232 e. The molecular weight excluding hydrogens is 260 g/mol. The number of likely N-dealkylation sites (tertiary alicyclic amines) is 1. The molecule has 1 amide bonds. The summed E-state index contributed by atoms with van der Waals surface area (Å²) in [5, 5.41) is 12.4. The average Bonchev–Trinajstić information content (AvgIpc) is 2.46. The molecular formula is C14H20N2O2S. The smallest absolute Gasteiger partial charge is 0.232 e. The Balaban J connectivity index is 1.82. The van der Waals surface area contributed by atoms with Crippen molar-refractivity contribution in [2.75, 3.05) is 25.9 Å². The maximum atomic E-state index is 12.1. The quantitative estimate of drug-likeness (QED) is 0.824. The highest BCUT2D eigenvalue weighted by Gasteiger charge is 2.22. The zero-order chi connectivity index (χ0) is 13.7. The van der Waals surface area contributed by atoms with Gasteiger partial charge in [-0.3, -0.25) is 4.79 Å². The van der Waals surface area contributed by atoms with Gasteiger partial charge in [0.05, 0.1) is 5.75 Å². The Labute approximate surface area is 118 Å². The molecule has 1 saturated heterocycles. The van der Waals surface area contributed by atoms with E-state index in [4.69, 9.17) is 0 Å². The van der Waals surface area contributed by atoms with E-state index in [1.165, 1.54) is 11.8 Å². The van der Waals surface area contributed by atoms with Crippen LogP contribution in [0.15, 0.2) is 29.2 Å². The lowest BCUT2D eigenvalue weighted by Crippen LogP contribution is -2.47. The molecule has 1 aromatic carbocycles. The second-order valence-electron chi connectivity index (χ2n) is 4.75. The average molecular weight is 280 g/mol. The summed E-state index contributed by atoms with van der Waals surface area (Å²) in [7, 11) is 1.95. The Morgan fingerprint density at radius 3 is 2.89 bits per heavy atom. The van der Waals surface area contributed by atoms with E-state index < -0.39 is 0 Å². The van der Waals surface area contributed by atoms with E-state index in [2.05, 4.69) is 5.32 Å². The fourth-order valence-electron chi connectivity index (χ4n) is 2.22. The largest absolute Gasteiger partial charge is 0.508 e. The molecule has 2 N–H and O–H groups in total. The highest BCUT2D eigenvalue weighted by Crippen LogP contribution is 2.21. The number of aromatic hydroxyl groups is 1. The molecule has 1 atom stereocenters. The SMILES string of the molecule is CNC1CCCN(C(=O)CSc2ccc(O)cc2)C1. The zero-order valence-corrected chi connectivity index (χ0v) is 11.9. The summed E-state index contributed by atoms with van der Waals surface area (Å²) in [6.45, 7) is 1.68. The summed E-state index contributed by atoms with van der Waals surface area (Å²) >= 11 is 1.52. The summed E-state index contributed by atoms with van der Waals surface area (Å²) < 4.78 is 0. The number of nitrogens with zero attached hydrogens (tertiary/aromatic N) is 1. The number of carbonyl (C=O) groups excluding carboxylic acids is 1. The number of nitrogens with one attached hydrogen (secondary N) is 1. The Hall–Kier alpha value is -1.20. The van der Waals surface area contributed by atoms with E-state index >= 15 is 0 Å². The van der Waals surface area contributed by atoms with Crippen LogP contribution in [0.1, 0.15) is 12.8 Å². The molecule has 1 aliphatic rings. The number of hydrogen-bond acceptors (Lipinski definition) is 4. The van der Waals surface area contributed by atoms with Crippen molar-refractivity contribution in [2.24, 2.45) is 0 Å². The Morgan fingerprint density at radius 2 is 2.21 bits per heavy atom. The standard InChI is InChI=1S/C14H20N2O2S/c1-15-11-3-2-8-16(9-11)14(18)10-19-13-6-4-12(17)5-7-13/h4-7,11,15,17H,2-3,8-10H2,1H3. The fourth-order valence-corrected chi connectivity index (χ4v) is 3.02. The van der Waals surface area contributed by atoms with Crippen molar-refractivity contribution in [1.29, 1.82) is 0 Å². The fraction of sp³-hybridized carbons (Fsp3) is 0.500. The number of rotatable bonds is 4. The van der Waals surface area contributed by atoms with Crippen molar-refractivity contribution in [3.05, 3.63) is 24.3 Å². The summed E-state index contributed by atoms with van der Waals surface area (Å²) in [4.78, 5) is 15.1. The molecule has 1 aromatic rings. The first-order chi connectivity index (χ1) is 9.19. The molecule has 1 fully saturated rings. The van der Waals surface area contributed by atoms with E-state index in [0.717, 1.165) is 30.8 Å². The number of benzene rings is 1. The topological polar surface area (TPSA) is 52.6 Å². The van der Waals surface area contributed by atoms with Crippen LogP contribution < -0.4 is 5.32 Å². The van der Waals surface area contributed by atoms with Gasteiger partial charge in [-0.2, -0.15) is 0 Å². The van der Waals surface area contributed by atoms with Crippen molar-refractivity contribution < 1.29 is 9.90 Å². The van der Waals surface area contributed by atoms with Gasteiger partial charge >= 0.3 is 0 Å². The third-order valence-corrected chi connectivity index (χ3v) is 4.38. The molecule has 0 spiro atoms. The minimum Gasteiger partial charge on any atom is -0.508 e. The first-order valence-electron chi connectivity index (χ1n) is 6.56. The van der Waals surface area contributed by atoms with E-state index in [-0.39, 0.29) is 11.7 Å². The second kappa shape index (κ2) is 6.82. The Kier molecular flexibility index (Phi) is 5.10. The molecule has 0 radical (unpaired) electrons. The van der Waals surface area contributed by atoms with Crippen molar-refractivity contribution in [3.63, 3.8) is 0 Å². The van der Waals surface area contributed by atoms with Crippen LogP contribution in [-0.4, -0.2) is 47.8 Å². The predicted octanol–water partition coefficient (Wildman–Crippen LogP) is 1.69. The number of phenolic OH excluding ortho intramolecular Hbond substituents is 1. The molecule has 5 heteroatoms. The number of amides is 1. The molecule has 2 rings (SSSR count). The van der Waals surface area contributed by atoms with Gasteiger partial charge in [0.25, 0.3) is 0 Å². The van der Waals surface area contributed by atoms with Gasteiger partial charge in [0, 0.05) is 24.0 Å².